The van der Waals surface area contributed by atoms with Crippen LogP contribution in [0.3, 0.4) is 0 Å². The fourth-order valence-electron chi connectivity index (χ4n) is 3.31. The molecule has 2 amide bonds. The maximum atomic E-state index is 12.6. The Kier molecular flexibility index (Phi) is 5.37. The Morgan fingerprint density at radius 3 is 2.77 bits per heavy atom. The number of benzene rings is 1. The summed E-state index contributed by atoms with van der Waals surface area (Å²) in [5.74, 6) is 0.706. The minimum atomic E-state index is -0.345. The zero-order valence-corrected chi connectivity index (χ0v) is 17.2. The Labute approximate surface area is 173 Å². The number of aryl methyl sites for hydroxylation is 2. The van der Waals surface area contributed by atoms with Crippen LogP contribution in [0.25, 0.3) is 5.52 Å². The van der Waals surface area contributed by atoms with E-state index in [-0.39, 0.29) is 11.8 Å². The van der Waals surface area contributed by atoms with Gasteiger partial charge in [-0.2, -0.15) is 5.10 Å². The summed E-state index contributed by atoms with van der Waals surface area (Å²) < 4.78 is 1.65. The lowest BCUT2D eigenvalue weighted by Gasteiger charge is -2.12. The smallest absolute Gasteiger partial charge is 0.274 e. The number of carbonyl (C=O) groups is 2. The molecule has 9 heteroatoms. The van der Waals surface area contributed by atoms with Gasteiger partial charge in [-0.25, -0.2) is 15.0 Å². The zero-order valence-electron chi connectivity index (χ0n) is 17.2. The summed E-state index contributed by atoms with van der Waals surface area (Å²) in [6.45, 7) is 4.52. The third-order valence-corrected chi connectivity index (χ3v) is 5.27. The molecule has 1 aliphatic carbocycles. The molecule has 0 saturated heterocycles. The van der Waals surface area contributed by atoms with Crippen LogP contribution in [0.2, 0.25) is 0 Å². The van der Waals surface area contributed by atoms with E-state index in [1.807, 2.05) is 19.9 Å². The Hall–Kier alpha value is -3.46. The molecule has 0 unspecified atom stereocenters. The van der Waals surface area contributed by atoms with Gasteiger partial charge in [0.2, 0.25) is 0 Å². The maximum absolute atomic E-state index is 12.6. The topological polar surface area (TPSA) is 110 Å². The standard InChI is InChI=1S/C21H24N6O3/c1-12-4-7-15(20(28)26-30-3)8-17(12)25-19-18-13(2)16(10-27(18)24-11-23-19)21(29)22-9-14-5-6-14/h4,7-8,10-11,14H,5-6,9H2,1-3H3,(H,22,29)(H,26,28)(H,23,24,25). The molecule has 4 rings (SSSR count). The van der Waals surface area contributed by atoms with E-state index >= 15 is 0 Å². The van der Waals surface area contributed by atoms with Crippen LogP contribution in [-0.2, 0) is 4.84 Å². The quantitative estimate of drug-likeness (QED) is 0.518. The Morgan fingerprint density at radius 2 is 2.03 bits per heavy atom. The van der Waals surface area contributed by atoms with Gasteiger partial charge in [0, 0.05) is 24.0 Å². The average Bonchev–Trinajstić information content (AvgIpc) is 3.50. The first-order valence-electron chi connectivity index (χ1n) is 9.80. The molecular formula is C21H24N6O3. The van der Waals surface area contributed by atoms with E-state index in [9.17, 15) is 9.59 Å². The number of hydroxylamine groups is 1. The van der Waals surface area contributed by atoms with Crippen LogP contribution in [0, 0.1) is 19.8 Å². The monoisotopic (exact) mass is 408 g/mol. The second kappa shape index (κ2) is 8.11. The Balaban J connectivity index is 1.65. The highest BCUT2D eigenvalue weighted by Crippen LogP contribution is 2.29. The fraction of sp³-hybridized carbons (Fsp3) is 0.333. The van der Waals surface area contributed by atoms with E-state index in [1.165, 1.54) is 26.3 Å². The molecule has 9 nitrogen and oxygen atoms in total. The minimum Gasteiger partial charge on any atom is -0.352 e. The molecule has 0 aliphatic heterocycles. The lowest BCUT2D eigenvalue weighted by atomic mass is 10.1. The van der Waals surface area contributed by atoms with Crippen molar-refractivity contribution >= 4 is 28.8 Å². The van der Waals surface area contributed by atoms with Crippen molar-refractivity contribution in [1.29, 1.82) is 0 Å². The highest BCUT2D eigenvalue weighted by molar-refractivity contribution is 5.99. The molecular weight excluding hydrogens is 384 g/mol. The summed E-state index contributed by atoms with van der Waals surface area (Å²) >= 11 is 0. The number of hydrogen-bond donors (Lipinski definition) is 3. The second-order valence-corrected chi connectivity index (χ2v) is 7.51. The number of anilines is 2. The van der Waals surface area contributed by atoms with Crippen LogP contribution in [0.15, 0.2) is 30.7 Å². The van der Waals surface area contributed by atoms with Crippen LogP contribution in [0.4, 0.5) is 11.5 Å². The average molecular weight is 408 g/mol. The molecule has 0 spiro atoms. The molecule has 1 saturated carbocycles. The summed E-state index contributed by atoms with van der Waals surface area (Å²) in [4.78, 5) is 33.8. The molecule has 30 heavy (non-hydrogen) atoms. The normalized spacial score (nSPS) is 13.3. The SMILES string of the molecule is CONC(=O)c1ccc(C)c(Nc2ncnn3cc(C(=O)NCC4CC4)c(C)c23)c1. The summed E-state index contributed by atoms with van der Waals surface area (Å²) in [6, 6.07) is 5.28. The van der Waals surface area contributed by atoms with Crippen molar-refractivity contribution in [3.63, 3.8) is 0 Å². The number of nitrogens with one attached hydrogen (secondary N) is 3. The van der Waals surface area contributed by atoms with Gasteiger partial charge in [-0.05, 0) is 55.9 Å². The van der Waals surface area contributed by atoms with Crippen LogP contribution in [-0.4, -0.2) is 40.1 Å². The first kappa shape index (κ1) is 19.8. The first-order valence-corrected chi connectivity index (χ1v) is 9.80. The van der Waals surface area contributed by atoms with E-state index in [0.29, 0.717) is 34.9 Å². The number of fused-ring (bicyclic) bond motifs is 1. The highest BCUT2D eigenvalue weighted by Gasteiger charge is 2.24. The second-order valence-electron chi connectivity index (χ2n) is 7.51. The molecule has 0 radical (unpaired) electrons. The number of aromatic nitrogens is 3. The molecule has 3 aromatic rings. The van der Waals surface area contributed by atoms with Crippen molar-refractivity contribution < 1.29 is 14.4 Å². The summed E-state index contributed by atoms with van der Waals surface area (Å²) in [7, 11) is 1.39. The third kappa shape index (κ3) is 3.97. The molecule has 1 fully saturated rings. The van der Waals surface area contributed by atoms with Crippen LogP contribution < -0.4 is 16.1 Å². The van der Waals surface area contributed by atoms with Gasteiger partial charge in [-0.1, -0.05) is 6.07 Å². The summed E-state index contributed by atoms with van der Waals surface area (Å²) in [5, 5.41) is 10.5. The van der Waals surface area contributed by atoms with Gasteiger partial charge in [0.05, 0.1) is 12.7 Å². The minimum absolute atomic E-state index is 0.106. The van der Waals surface area contributed by atoms with Gasteiger partial charge >= 0.3 is 0 Å². The molecule has 2 aromatic heterocycles. The molecule has 2 heterocycles. The number of rotatable bonds is 7. The lowest BCUT2D eigenvalue weighted by Crippen LogP contribution is -2.25. The lowest BCUT2D eigenvalue weighted by molar-refractivity contribution is 0.0537. The van der Waals surface area contributed by atoms with Crippen molar-refractivity contribution in [3.05, 3.63) is 53.0 Å². The van der Waals surface area contributed by atoms with E-state index in [0.717, 1.165) is 16.8 Å². The third-order valence-electron chi connectivity index (χ3n) is 5.27. The van der Waals surface area contributed by atoms with Gasteiger partial charge < -0.3 is 10.6 Å². The van der Waals surface area contributed by atoms with E-state index in [2.05, 4.69) is 26.2 Å². The van der Waals surface area contributed by atoms with Gasteiger partial charge in [-0.15, -0.1) is 0 Å². The maximum Gasteiger partial charge on any atom is 0.274 e. The summed E-state index contributed by atoms with van der Waals surface area (Å²) in [6.07, 6.45) is 5.50. The van der Waals surface area contributed by atoms with E-state index in [1.54, 1.807) is 22.8 Å². The van der Waals surface area contributed by atoms with Gasteiger partial charge in [-0.3, -0.25) is 14.4 Å². The van der Waals surface area contributed by atoms with Gasteiger partial charge in [0.1, 0.15) is 11.8 Å². The summed E-state index contributed by atoms with van der Waals surface area (Å²) in [5.41, 5.74) is 6.49. The fourth-order valence-corrected chi connectivity index (χ4v) is 3.31. The molecule has 1 aromatic carbocycles. The number of nitrogens with zero attached hydrogens (tertiary/aromatic N) is 3. The van der Waals surface area contributed by atoms with Crippen molar-refractivity contribution in [1.82, 2.24) is 25.4 Å². The van der Waals surface area contributed by atoms with Crippen molar-refractivity contribution in [2.24, 2.45) is 5.92 Å². The van der Waals surface area contributed by atoms with E-state index in [4.69, 9.17) is 4.84 Å². The van der Waals surface area contributed by atoms with E-state index < -0.39 is 0 Å². The van der Waals surface area contributed by atoms with Gasteiger partial charge in [0.25, 0.3) is 11.8 Å². The Morgan fingerprint density at radius 1 is 1.23 bits per heavy atom. The van der Waals surface area contributed by atoms with Crippen LogP contribution in [0.1, 0.15) is 44.7 Å². The highest BCUT2D eigenvalue weighted by atomic mass is 16.6. The number of amides is 2. The molecule has 0 bridgehead atoms. The molecule has 0 atom stereocenters. The van der Waals surface area contributed by atoms with Crippen molar-refractivity contribution in [3.8, 4) is 0 Å². The predicted molar refractivity (Wildman–Crippen MR) is 112 cm³/mol. The zero-order chi connectivity index (χ0) is 21.3. The van der Waals surface area contributed by atoms with Gasteiger partial charge in [0.15, 0.2) is 5.82 Å². The number of carbonyl (C=O) groups excluding carboxylic acids is 2. The van der Waals surface area contributed by atoms with Crippen molar-refractivity contribution in [2.75, 3.05) is 19.0 Å². The molecule has 3 N–H and O–H groups in total. The molecule has 156 valence electrons. The Bertz CT molecular complexity index is 1120. The first-order chi connectivity index (χ1) is 14.5. The predicted octanol–water partition coefficient (Wildman–Crippen LogP) is 2.52. The number of hydrogen-bond acceptors (Lipinski definition) is 6. The molecule has 1 aliphatic rings. The van der Waals surface area contributed by atoms with Crippen molar-refractivity contribution in [2.45, 2.75) is 26.7 Å². The van der Waals surface area contributed by atoms with Crippen LogP contribution >= 0.6 is 0 Å². The van der Waals surface area contributed by atoms with Crippen LogP contribution in [0.5, 0.6) is 0 Å². The largest absolute Gasteiger partial charge is 0.352 e.